The minimum Gasteiger partial charge on any atom is -0.456 e. The molecule has 3 fully saturated rings. The van der Waals surface area contributed by atoms with Crippen molar-refractivity contribution in [3.05, 3.63) is 47.5 Å². The molecule has 1 aromatic rings. The fraction of sp³-hybridized carbons (Fsp3) is 0.706. The highest BCUT2D eigenvalue weighted by Crippen LogP contribution is 2.68. The van der Waals surface area contributed by atoms with Gasteiger partial charge in [0, 0.05) is 11.3 Å². The van der Waals surface area contributed by atoms with Crippen molar-refractivity contribution in [3.63, 3.8) is 0 Å². The number of esters is 1. The second kappa shape index (κ2) is 10.4. The maximum absolute atomic E-state index is 13.4. The number of ether oxygens (including phenoxy) is 1. The summed E-state index contributed by atoms with van der Waals surface area (Å²) in [5.74, 6) is -0.261. The van der Waals surface area contributed by atoms with E-state index in [1.54, 1.807) is 18.2 Å². The van der Waals surface area contributed by atoms with Crippen LogP contribution in [0.3, 0.4) is 0 Å². The number of carbonyl (C=O) groups excluding carboxylic acids is 2. The van der Waals surface area contributed by atoms with Gasteiger partial charge >= 0.3 is 5.97 Å². The van der Waals surface area contributed by atoms with Gasteiger partial charge in [0.1, 0.15) is 5.60 Å². The molecule has 5 rings (SSSR count). The molecule has 0 bridgehead atoms. The molecule has 4 aliphatic carbocycles. The van der Waals surface area contributed by atoms with E-state index in [1.807, 2.05) is 32.0 Å². The Morgan fingerprint density at radius 1 is 1.07 bits per heavy atom. The zero-order valence-electron chi connectivity index (χ0n) is 24.9. The third-order valence-corrected chi connectivity index (χ3v) is 11.8. The number of ketones is 1. The zero-order valence-corrected chi connectivity index (χ0v) is 24.9. The molecule has 40 heavy (non-hydrogen) atoms. The summed E-state index contributed by atoms with van der Waals surface area (Å²) in [6.07, 6.45) is 6.97. The van der Waals surface area contributed by atoms with Crippen LogP contribution in [0.1, 0.15) is 103 Å². The van der Waals surface area contributed by atoms with Crippen LogP contribution in [0.2, 0.25) is 0 Å². The number of benzene rings is 1. The molecule has 0 aliphatic heterocycles. The lowest BCUT2D eigenvalue weighted by atomic mass is 9.46. The second-order valence-corrected chi connectivity index (χ2v) is 14.5. The molecule has 0 spiro atoms. The van der Waals surface area contributed by atoms with Crippen LogP contribution >= 0.6 is 0 Å². The highest BCUT2D eigenvalue weighted by atomic mass is 16.6. The SMILES string of the molecule is CC(C(O)CCC(C)(C)OC(=O)c1ccccc1)C1CCC2(O)C3=CC(=O)C4CC(O)CCC4(C)C3CCC12C. The first-order valence-electron chi connectivity index (χ1n) is 15.3. The van der Waals surface area contributed by atoms with Gasteiger partial charge in [-0.3, -0.25) is 4.79 Å². The fourth-order valence-corrected chi connectivity index (χ4v) is 9.16. The standard InChI is InChI=1S/C34H48O6/c1-21(28(36)14-15-31(2,3)40-30(38)22-9-7-6-8-10-22)24-13-18-34(39)26-20-29(37)27-19-23(35)11-16-32(27,4)25(26)12-17-33(24,34)5/h6-10,20-21,23-25,27-28,35-36,39H,11-19H2,1-5H3. The van der Waals surface area contributed by atoms with Gasteiger partial charge in [-0.2, -0.15) is 0 Å². The van der Waals surface area contributed by atoms with E-state index in [-0.39, 0.29) is 40.8 Å². The van der Waals surface area contributed by atoms with E-state index in [4.69, 9.17) is 4.74 Å². The highest BCUT2D eigenvalue weighted by Gasteiger charge is 2.66. The van der Waals surface area contributed by atoms with E-state index in [0.717, 1.165) is 31.3 Å². The van der Waals surface area contributed by atoms with E-state index in [2.05, 4.69) is 20.8 Å². The molecule has 3 saturated carbocycles. The summed E-state index contributed by atoms with van der Waals surface area (Å²) < 4.78 is 5.78. The van der Waals surface area contributed by atoms with E-state index < -0.39 is 28.8 Å². The van der Waals surface area contributed by atoms with Crippen LogP contribution in [0.25, 0.3) is 0 Å². The Bertz CT molecular complexity index is 1160. The number of rotatable bonds is 7. The van der Waals surface area contributed by atoms with E-state index >= 15 is 0 Å². The molecular formula is C34H48O6. The Balaban J connectivity index is 1.28. The predicted molar refractivity (Wildman–Crippen MR) is 153 cm³/mol. The minimum atomic E-state index is -1.06. The summed E-state index contributed by atoms with van der Waals surface area (Å²) in [5, 5.41) is 34.0. The average Bonchev–Trinajstić information content (AvgIpc) is 3.19. The van der Waals surface area contributed by atoms with Crippen molar-refractivity contribution >= 4 is 11.8 Å². The molecule has 1 aromatic carbocycles. The number of allylic oxidation sites excluding steroid dienone is 1. The van der Waals surface area contributed by atoms with Crippen molar-refractivity contribution in [2.24, 2.45) is 34.5 Å². The molecule has 0 radical (unpaired) electrons. The molecule has 4 aliphatic rings. The number of fused-ring (bicyclic) bond motifs is 5. The predicted octanol–water partition coefficient (Wildman–Crippen LogP) is 5.63. The first-order chi connectivity index (χ1) is 18.7. The Labute approximate surface area is 239 Å². The molecule has 0 heterocycles. The summed E-state index contributed by atoms with van der Waals surface area (Å²) in [5.41, 5.74) is -0.998. The maximum Gasteiger partial charge on any atom is 0.338 e. The van der Waals surface area contributed by atoms with Crippen LogP contribution in [-0.2, 0) is 9.53 Å². The zero-order chi connectivity index (χ0) is 29.1. The normalized spacial score (nSPS) is 38.9. The lowest BCUT2D eigenvalue weighted by Gasteiger charge is -2.59. The van der Waals surface area contributed by atoms with Crippen LogP contribution in [0.4, 0.5) is 0 Å². The van der Waals surface area contributed by atoms with E-state index in [1.165, 1.54) is 0 Å². The quantitative estimate of drug-likeness (QED) is 0.379. The maximum atomic E-state index is 13.4. The number of carbonyl (C=O) groups is 2. The van der Waals surface area contributed by atoms with Crippen LogP contribution in [0, 0.1) is 34.5 Å². The number of hydrogen-bond acceptors (Lipinski definition) is 6. The smallest absolute Gasteiger partial charge is 0.338 e. The Kier molecular flexibility index (Phi) is 7.63. The summed E-state index contributed by atoms with van der Waals surface area (Å²) >= 11 is 0. The average molecular weight is 553 g/mol. The van der Waals surface area contributed by atoms with Crippen molar-refractivity contribution in [3.8, 4) is 0 Å². The number of hydrogen-bond donors (Lipinski definition) is 3. The van der Waals surface area contributed by atoms with E-state index in [0.29, 0.717) is 37.7 Å². The van der Waals surface area contributed by atoms with Gasteiger partial charge < -0.3 is 20.1 Å². The van der Waals surface area contributed by atoms with Gasteiger partial charge in [-0.15, -0.1) is 0 Å². The van der Waals surface area contributed by atoms with Gasteiger partial charge in [-0.1, -0.05) is 39.0 Å². The Morgan fingerprint density at radius 3 is 2.48 bits per heavy atom. The van der Waals surface area contributed by atoms with Gasteiger partial charge in [0.15, 0.2) is 5.78 Å². The highest BCUT2D eigenvalue weighted by molar-refractivity contribution is 5.95. The molecule has 9 atom stereocenters. The monoisotopic (exact) mass is 552 g/mol. The van der Waals surface area contributed by atoms with Gasteiger partial charge in [0.25, 0.3) is 0 Å². The molecule has 0 saturated heterocycles. The number of aliphatic hydroxyl groups is 3. The molecule has 3 N–H and O–H groups in total. The molecule has 6 nitrogen and oxygen atoms in total. The Morgan fingerprint density at radius 2 is 1.77 bits per heavy atom. The summed E-state index contributed by atoms with van der Waals surface area (Å²) in [7, 11) is 0. The Hall–Kier alpha value is -2.02. The first-order valence-corrected chi connectivity index (χ1v) is 15.3. The largest absolute Gasteiger partial charge is 0.456 e. The van der Waals surface area contributed by atoms with Crippen LogP contribution < -0.4 is 0 Å². The molecule has 220 valence electrons. The molecule has 0 aromatic heterocycles. The summed E-state index contributed by atoms with van der Waals surface area (Å²) in [6.45, 7) is 10.2. The lowest BCUT2D eigenvalue weighted by molar-refractivity contribution is -0.142. The van der Waals surface area contributed by atoms with Crippen molar-refractivity contribution in [1.29, 1.82) is 0 Å². The van der Waals surface area contributed by atoms with E-state index in [9.17, 15) is 24.9 Å². The van der Waals surface area contributed by atoms with Crippen molar-refractivity contribution in [1.82, 2.24) is 0 Å². The van der Waals surface area contributed by atoms with Crippen molar-refractivity contribution < 1.29 is 29.6 Å². The third kappa shape index (κ3) is 4.78. The number of aliphatic hydroxyl groups excluding tert-OH is 2. The van der Waals surface area contributed by atoms with Crippen LogP contribution in [0.15, 0.2) is 42.0 Å². The first kappa shape index (κ1) is 29.5. The second-order valence-electron chi connectivity index (χ2n) is 14.5. The molecule has 0 amide bonds. The topological polar surface area (TPSA) is 104 Å². The summed E-state index contributed by atoms with van der Waals surface area (Å²) in [6, 6.07) is 8.95. The van der Waals surface area contributed by atoms with Gasteiger partial charge in [-0.25, -0.2) is 4.79 Å². The fourth-order valence-electron chi connectivity index (χ4n) is 9.16. The lowest BCUT2D eigenvalue weighted by Crippen LogP contribution is -2.59. The minimum absolute atomic E-state index is 0.0516. The molecular weight excluding hydrogens is 504 g/mol. The van der Waals surface area contributed by atoms with Crippen LogP contribution in [0.5, 0.6) is 0 Å². The van der Waals surface area contributed by atoms with Gasteiger partial charge in [0.2, 0.25) is 0 Å². The van der Waals surface area contributed by atoms with Crippen LogP contribution in [-0.4, -0.2) is 50.5 Å². The summed E-state index contributed by atoms with van der Waals surface area (Å²) in [4.78, 5) is 26.0. The third-order valence-electron chi connectivity index (χ3n) is 11.8. The van der Waals surface area contributed by atoms with Crippen molar-refractivity contribution in [2.75, 3.05) is 0 Å². The van der Waals surface area contributed by atoms with Gasteiger partial charge in [-0.05, 0) is 119 Å². The molecule has 9 unspecified atom stereocenters. The van der Waals surface area contributed by atoms with Crippen molar-refractivity contribution in [2.45, 2.75) is 116 Å². The molecule has 6 heteroatoms. The van der Waals surface area contributed by atoms with Gasteiger partial charge in [0.05, 0.1) is 23.4 Å².